The molecule has 1 rings (SSSR count). The number of carbonyl (C=O) groups is 1. The molecule has 13 heavy (non-hydrogen) atoms. The summed E-state index contributed by atoms with van der Waals surface area (Å²) in [5, 5.41) is 21.0. The van der Waals surface area contributed by atoms with Gasteiger partial charge in [0.15, 0.2) is 5.13 Å². The number of carboxylic acids is 1. The molecule has 0 aliphatic carbocycles. The van der Waals surface area contributed by atoms with Crippen LogP contribution >= 0.6 is 11.3 Å². The SMILES string of the molecule is O=C(O)CNc1ncc([N+](=O)[O-])s1. The van der Waals surface area contributed by atoms with Gasteiger partial charge in [0, 0.05) is 0 Å². The summed E-state index contributed by atoms with van der Waals surface area (Å²) in [6.07, 6.45) is 1.08. The van der Waals surface area contributed by atoms with Gasteiger partial charge in [0.25, 0.3) is 0 Å². The molecule has 0 atom stereocenters. The summed E-state index contributed by atoms with van der Waals surface area (Å²) in [6, 6.07) is 0. The van der Waals surface area contributed by atoms with Gasteiger partial charge in [-0.1, -0.05) is 0 Å². The molecule has 1 heterocycles. The van der Waals surface area contributed by atoms with E-state index in [0.29, 0.717) is 0 Å². The molecule has 0 aromatic carbocycles. The number of hydrogen-bond donors (Lipinski definition) is 2. The van der Waals surface area contributed by atoms with Crippen molar-refractivity contribution in [2.24, 2.45) is 0 Å². The molecule has 0 amide bonds. The van der Waals surface area contributed by atoms with Gasteiger partial charge in [-0.15, -0.1) is 0 Å². The van der Waals surface area contributed by atoms with Crippen LogP contribution in [-0.2, 0) is 4.79 Å². The predicted molar refractivity (Wildman–Crippen MR) is 44.9 cm³/mol. The molecule has 0 saturated heterocycles. The molecule has 0 aliphatic heterocycles. The molecular formula is C5H5N3O4S. The van der Waals surface area contributed by atoms with E-state index in [4.69, 9.17) is 5.11 Å². The number of nitrogens with zero attached hydrogens (tertiary/aromatic N) is 2. The van der Waals surface area contributed by atoms with Crippen LogP contribution in [0, 0.1) is 10.1 Å². The van der Waals surface area contributed by atoms with E-state index in [0.717, 1.165) is 17.5 Å². The second-order valence-electron chi connectivity index (χ2n) is 2.01. The number of carboxylic acid groups (broad SMARTS) is 1. The maximum absolute atomic E-state index is 10.2. The first-order chi connectivity index (χ1) is 6.09. The van der Waals surface area contributed by atoms with Crippen LogP contribution in [0.4, 0.5) is 10.1 Å². The maximum atomic E-state index is 10.2. The predicted octanol–water partition coefficient (Wildman–Crippen LogP) is 0.548. The standard InChI is InChI=1S/C5H5N3O4S/c9-4(10)2-7-5-6-1-3(13-5)8(11)12/h1H,2H2,(H,6,7)(H,9,10). The largest absolute Gasteiger partial charge is 0.480 e. The van der Waals surface area contributed by atoms with Crippen LogP contribution in [0.15, 0.2) is 6.20 Å². The van der Waals surface area contributed by atoms with E-state index in [9.17, 15) is 14.9 Å². The number of rotatable bonds is 4. The normalized spacial score (nSPS) is 9.54. The lowest BCUT2D eigenvalue weighted by atomic mass is 10.7. The van der Waals surface area contributed by atoms with Gasteiger partial charge in [0.05, 0.1) is 4.92 Å². The van der Waals surface area contributed by atoms with Crippen molar-refractivity contribution in [1.29, 1.82) is 0 Å². The summed E-state index contributed by atoms with van der Waals surface area (Å²) in [5.74, 6) is -1.04. The van der Waals surface area contributed by atoms with Crippen LogP contribution in [0.25, 0.3) is 0 Å². The number of nitrogens with one attached hydrogen (secondary N) is 1. The topological polar surface area (TPSA) is 105 Å². The minimum atomic E-state index is -1.04. The maximum Gasteiger partial charge on any atom is 0.345 e. The summed E-state index contributed by atoms with van der Waals surface area (Å²) >= 11 is 0.798. The fraction of sp³-hybridized carbons (Fsp3) is 0.200. The van der Waals surface area contributed by atoms with Crippen molar-refractivity contribution in [1.82, 2.24) is 4.98 Å². The highest BCUT2D eigenvalue weighted by atomic mass is 32.1. The van der Waals surface area contributed by atoms with E-state index in [2.05, 4.69) is 10.3 Å². The molecule has 0 fully saturated rings. The van der Waals surface area contributed by atoms with Crippen molar-refractivity contribution in [3.05, 3.63) is 16.3 Å². The van der Waals surface area contributed by atoms with Crippen molar-refractivity contribution >= 4 is 27.4 Å². The Morgan fingerprint density at radius 2 is 2.54 bits per heavy atom. The third-order valence-electron chi connectivity index (χ3n) is 1.06. The van der Waals surface area contributed by atoms with Gasteiger partial charge < -0.3 is 10.4 Å². The second kappa shape index (κ2) is 3.81. The van der Waals surface area contributed by atoms with Gasteiger partial charge in [-0.2, -0.15) is 0 Å². The Labute approximate surface area is 76.2 Å². The van der Waals surface area contributed by atoms with Crippen LogP contribution in [0.5, 0.6) is 0 Å². The molecular weight excluding hydrogens is 198 g/mol. The van der Waals surface area contributed by atoms with Gasteiger partial charge in [-0.25, -0.2) is 4.98 Å². The zero-order valence-corrected chi connectivity index (χ0v) is 7.08. The lowest BCUT2D eigenvalue weighted by Crippen LogP contribution is -2.11. The van der Waals surface area contributed by atoms with Crippen LogP contribution < -0.4 is 5.32 Å². The average Bonchev–Trinajstić information content (AvgIpc) is 2.48. The van der Waals surface area contributed by atoms with E-state index in [1.165, 1.54) is 0 Å². The molecule has 1 aromatic heterocycles. The second-order valence-corrected chi connectivity index (χ2v) is 3.02. The van der Waals surface area contributed by atoms with E-state index in [1.807, 2.05) is 0 Å². The highest BCUT2D eigenvalue weighted by molar-refractivity contribution is 7.18. The van der Waals surface area contributed by atoms with Gasteiger partial charge in [-0.05, 0) is 11.3 Å². The Hall–Kier alpha value is -1.70. The highest BCUT2D eigenvalue weighted by Gasteiger charge is 2.11. The number of thiazole rings is 1. The first kappa shape index (κ1) is 9.39. The molecule has 70 valence electrons. The minimum Gasteiger partial charge on any atom is -0.480 e. The average molecular weight is 203 g/mol. The monoisotopic (exact) mass is 203 g/mol. The molecule has 0 radical (unpaired) electrons. The van der Waals surface area contributed by atoms with Crippen molar-refractivity contribution in [3.8, 4) is 0 Å². The van der Waals surface area contributed by atoms with E-state index in [-0.39, 0.29) is 16.7 Å². The van der Waals surface area contributed by atoms with Crippen LogP contribution in [0.1, 0.15) is 0 Å². The first-order valence-corrected chi connectivity index (χ1v) is 3.97. The summed E-state index contributed by atoms with van der Waals surface area (Å²) in [7, 11) is 0. The van der Waals surface area contributed by atoms with Crippen LogP contribution in [0.3, 0.4) is 0 Å². The quantitative estimate of drug-likeness (QED) is 0.546. The van der Waals surface area contributed by atoms with Gasteiger partial charge >= 0.3 is 11.0 Å². The third kappa shape index (κ3) is 2.67. The number of aromatic nitrogens is 1. The molecule has 8 heteroatoms. The zero-order valence-electron chi connectivity index (χ0n) is 6.26. The highest BCUT2D eigenvalue weighted by Crippen LogP contribution is 2.24. The Kier molecular flexibility index (Phi) is 2.75. The van der Waals surface area contributed by atoms with Crippen molar-refractivity contribution in [2.75, 3.05) is 11.9 Å². The lowest BCUT2D eigenvalue weighted by molar-refractivity contribution is -0.380. The molecule has 1 aromatic rings. The lowest BCUT2D eigenvalue weighted by Gasteiger charge is -1.93. The summed E-state index contributed by atoms with van der Waals surface area (Å²) < 4.78 is 0. The third-order valence-corrected chi connectivity index (χ3v) is 1.97. The Balaban J connectivity index is 2.59. The minimum absolute atomic E-state index is 0.118. The fourth-order valence-electron chi connectivity index (χ4n) is 0.583. The van der Waals surface area contributed by atoms with Crippen LogP contribution in [0.2, 0.25) is 0 Å². The molecule has 0 aliphatic rings. The first-order valence-electron chi connectivity index (χ1n) is 3.15. The van der Waals surface area contributed by atoms with Gasteiger partial charge in [0.2, 0.25) is 0 Å². The number of anilines is 1. The summed E-state index contributed by atoms with van der Waals surface area (Å²) in [6.45, 7) is -0.301. The summed E-state index contributed by atoms with van der Waals surface area (Å²) in [5.41, 5.74) is 0. The fourth-order valence-corrected chi connectivity index (χ4v) is 1.21. The number of nitro groups is 1. The Morgan fingerprint density at radius 3 is 3.00 bits per heavy atom. The van der Waals surface area contributed by atoms with Gasteiger partial charge in [-0.3, -0.25) is 14.9 Å². The molecule has 7 nitrogen and oxygen atoms in total. The number of aliphatic carboxylic acids is 1. The zero-order chi connectivity index (χ0) is 9.84. The Bertz CT molecular complexity index is 336. The van der Waals surface area contributed by atoms with E-state index >= 15 is 0 Å². The van der Waals surface area contributed by atoms with E-state index < -0.39 is 10.9 Å². The van der Waals surface area contributed by atoms with Crippen molar-refractivity contribution < 1.29 is 14.8 Å². The molecule has 2 N–H and O–H groups in total. The summed E-state index contributed by atoms with van der Waals surface area (Å²) in [4.78, 5) is 23.3. The van der Waals surface area contributed by atoms with Crippen molar-refractivity contribution in [2.45, 2.75) is 0 Å². The molecule has 0 saturated carbocycles. The molecule has 0 unspecified atom stereocenters. The van der Waals surface area contributed by atoms with Crippen molar-refractivity contribution in [3.63, 3.8) is 0 Å². The number of hydrogen-bond acceptors (Lipinski definition) is 6. The van der Waals surface area contributed by atoms with Crippen LogP contribution in [-0.4, -0.2) is 27.5 Å². The van der Waals surface area contributed by atoms with Gasteiger partial charge in [0.1, 0.15) is 12.7 Å². The molecule has 0 bridgehead atoms. The van der Waals surface area contributed by atoms with E-state index in [1.54, 1.807) is 0 Å². The molecule has 0 spiro atoms. The smallest absolute Gasteiger partial charge is 0.345 e. The Morgan fingerprint density at radius 1 is 1.85 bits per heavy atom.